The van der Waals surface area contributed by atoms with Gasteiger partial charge in [0.05, 0.1) is 0 Å². The Hall–Kier alpha value is -2.68. The molecule has 0 aliphatic rings. The monoisotopic (exact) mass is 290 g/mol. The first-order valence-corrected chi connectivity index (χ1v) is 7.40. The normalized spacial score (nSPS) is 10.6. The van der Waals surface area contributed by atoms with Crippen molar-refractivity contribution in [1.29, 1.82) is 0 Å². The van der Waals surface area contributed by atoms with Gasteiger partial charge in [-0.25, -0.2) is 4.98 Å². The van der Waals surface area contributed by atoms with Gasteiger partial charge in [0.15, 0.2) is 11.6 Å². The fourth-order valence-corrected chi connectivity index (χ4v) is 2.55. The fourth-order valence-electron chi connectivity index (χ4n) is 2.55. The molecule has 3 heteroatoms. The maximum absolute atomic E-state index is 11.5. The van der Waals surface area contributed by atoms with Crippen molar-refractivity contribution < 1.29 is 4.79 Å². The van der Waals surface area contributed by atoms with E-state index in [0.29, 0.717) is 5.82 Å². The Labute approximate surface area is 130 Å². The van der Waals surface area contributed by atoms with E-state index in [9.17, 15) is 4.79 Å². The number of aromatic nitrogens is 2. The molecule has 0 radical (unpaired) electrons. The first kappa shape index (κ1) is 14.3. The van der Waals surface area contributed by atoms with Crippen LogP contribution in [0.4, 0.5) is 0 Å². The maximum atomic E-state index is 11.5. The van der Waals surface area contributed by atoms with Crippen LogP contribution in [0.5, 0.6) is 0 Å². The van der Waals surface area contributed by atoms with Crippen molar-refractivity contribution in [3.63, 3.8) is 0 Å². The van der Waals surface area contributed by atoms with E-state index in [0.717, 1.165) is 13.0 Å². The number of hydrogen-bond donors (Lipinski definition) is 0. The van der Waals surface area contributed by atoms with Crippen LogP contribution in [0.15, 0.2) is 67.0 Å². The highest BCUT2D eigenvalue weighted by Crippen LogP contribution is 2.19. The molecule has 3 rings (SSSR count). The number of benzene rings is 2. The predicted molar refractivity (Wildman–Crippen MR) is 87.8 cm³/mol. The average molecular weight is 290 g/mol. The highest BCUT2D eigenvalue weighted by atomic mass is 16.1. The van der Waals surface area contributed by atoms with Crippen LogP contribution >= 0.6 is 0 Å². The molecule has 0 amide bonds. The van der Waals surface area contributed by atoms with Crippen LogP contribution < -0.4 is 0 Å². The summed E-state index contributed by atoms with van der Waals surface area (Å²) in [7, 11) is 0. The molecule has 0 unspecified atom stereocenters. The number of aryl methyl sites for hydroxylation is 2. The molecule has 0 saturated carbocycles. The van der Waals surface area contributed by atoms with Crippen molar-refractivity contribution in [2.24, 2.45) is 0 Å². The van der Waals surface area contributed by atoms with E-state index in [2.05, 4.69) is 41.4 Å². The summed E-state index contributed by atoms with van der Waals surface area (Å²) in [6.07, 6.45) is 4.41. The molecule has 2 aromatic carbocycles. The highest BCUT2D eigenvalue weighted by molar-refractivity contribution is 5.90. The molecule has 0 atom stereocenters. The van der Waals surface area contributed by atoms with Gasteiger partial charge < -0.3 is 4.57 Å². The van der Waals surface area contributed by atoms with Crippen LogP contribution in [0.1, 0.15) is 23.1 Å². The molecule has 0 bridgehead atoms. The van der Waals surface area contributed by atoms with Crippen molar-refractivity contribution >= 4 is 5.78 Å². The van der Waals surface area contributed by atoms with E-state index in [1.54, 1.807) is 13.1 Å². The Morgan fingerprint density at radius 1 is 1.00 bits per heavy atom. The largest absolute Gasteiger partial charge is 0.328 e. The van der Waals surface area contributed by atoms with Crippen LogP contribution in [0.25, 0.3) is 11.1 Å². The molecule has 0 fully saturated rings. The number of ketones is 1. The van der Waals surface area contributed by atoms with E-state index in [4.69, 9.17) is 0 Å². The number of carbonyl (C=O) groups excluding carboxylic acids is 1. The summed E-state index contributed by atoms with van der Waals surface area (Å²) in [6.45, 7) is 2.31. The molecule has 22 heavy (non-hydrogen) atoms. The summed E-state index contributed by atoms with van der Waals surface area (Å²) in [5.41, 5.74) is 3.70. The van der Waals surface area contributed by atoms with Crippen LogP contribution in [0.3, 0.4) is 0 Å². The highest BCUT2D eigenvalue weighted by Gasteiger charge is 2.07. The summed E-state index contributed by atoms with van der Waals surface area (Å²) in [5, 5.41) is 0. The number of nitrogens with zero attached hydrogens (tertiary/aromatic N) is 2. The molecule has 0 aliphatic carbocycles. The average Bonchev–Trinajstić information content (AvgIpc) is 3.03. The van der Waals surface area contributed by atoms with Crippen molar-refractivity contribution in [3.8, 4) is 11.1 Å². The summed E-state index contributed by atoms with van der Waals surface area (Å²) in [6, 6.07) is 18.9. The van der Waals surface area contributed by atoms with Crippen LogP contribution in [0.2, 0.25) is 0 Å². The third-order valence-electron chi connectivity index (χ3n) is 3.73. The standard InChI is InChI=1S/C19H18N2O/c1-15(22)19-20-12-14-21(19)13-11-16-7-9-18(10-8-16)17-5-3-2-4-6-17/h2-10,12,14H,11,13H2,1H3. The van der Waals surface area contributed by atoms with Crippen LogP contribution in [0, 0.1) is 0 Å². The molecule has 110 valence electrons. The van der Waals surface area contributed by atoms with E-state index >= 15 is 0 Å². The molecule has 1 aromatic heterocycles. The van der Waals surface area contributed by atoms with E-state index in [1.807, 2.05) is 29.0 Å². The lowest BCUT2D eigenvalue weighted by molar-refractivity contribution is 0.0999. The van der Waals surface area contributed by atoms with E-state index in [-0.39, 0.29) is 5.78 Å². The lowest BCUT2D eigenvalue weighted by Gasteiger charge is -2.07. The lowest BCUT2D eigenvalue weighted by atomic mass is 10.0. The SMILES string of the molecule is CC(=O)c1nccn1CCc1ccc(-c2ccccc2)cc1. The summed E-state index contributed by atoms with van der Waals surface area (Å²) in [5.74, 6) is 0.533. The summed E-state index contributed by atoms with van der Waals surface area (Å²) < 4.78 is 1.91. The molecule has 0 saturated heterocycles. The van der Waals surface area contributed by atoms with Gasteiger partial charge in [0.2, 0.25) is 0 Å². The van der Waals surface area contributed by atoms with Crippen molar-refractivity contribution in [3.05, 3.63) is 78.4 Å². The first-order chi connectivity index (χ1) is 10.7. The number of hydrogen-bond acceptors (Lipinski definition) is 2. The molecule has 0 N–H and O–H groups in total. The van der Waals surface area contributed by atoms with Gasteiger partial charge in [-0.05, 0) is 23.1 Å². The van der Waals surface area contributed by atoms with Gasteiger partial charge in [0.25, 0.3) is 0 Å². The minimum absolute atomic E-state index is 0.00410. The quantitative estimate of drug-likeness (QED) is 0.666. The lowest BCUT2D eigenvalue weighted by Crippen LogP contribution is -2.08. The molecular formula is C19H18N2O. The van der Waals surface area contributed by atoms with Crippen molar-refractivity contribution in [1.82, 2.24) is 9.55 Å². The number of rotatable bonds is 5. The van der Waals surface area contributed by atoms with Crippen molar-refractivity contribution in [2.45, 2.75) is 19.9 Å². The summed E-state index contributed by atoms with van der Waals surface area (Å²) in [4.78, 5) is 15.6. The van der Waals surface area contributed by atoms with Gasteiger partial charge >= 0.3 is 0 Å². The second-order valence-corrected chi connectivity index (χ2v) is 5.31. The maximum Gasteiger partial charge on any atom is 0.195 e. The van der Waals surface area contributed by atoms with Crippen LogP contribution in [-0.2, 0) is 13.0 Å². The third-order valence-corrected chi connectivity index (χ3v) is 3.73. The van der Waals surface area contributed by atoms with Gasteiger partial charge in [-0.1, -0.05) is 54.6 Å². The van der Waals surface area contributed by atoms with Gasteiger partial charge in [0.1, 0.15) is 0 Å². The smallest absolute Gasteiger partial charge is 0.195 e. The van der Waals surface area contributed by atoms with Gasteiger partial charge in [0, 0.05) is 25.9 Å². The van der Waals surface area contributed by atoms with E-state index in [1.165, 1.54) is 16.7 Å². The minimum atomic E-state index is 0.00410. The number of carbonyl (C=O) groups is 1. The van der Waals surface area contributed by atoms with Crippen molar-refractivity contribution in [2.75, 3.05) is 0 Å². The Kier molecular flexibility index (Phi) is 4.15. The zero-order valence-electron chi connectivity index (χ0n) is 12.6. The second-order valence-electron chi connectivity index (χ2n) is 5.31. The predicted octanol–water partition coefficient (Wildman–Crippen LogP) is 4.00. The third kappa shape index (κ3) is 3.14. The molecule has 3 nitrogen and oxygen atoms in total. The zero-order chi connectivity index (χ0) is 15.4. The first-order valence-electron chi connectivity index (χ1n) is 7.40. The van der Waals surface area contributed by atoms with Gasteiger partial charge in [-0.15, -0.1) is 0 Å². The Balaban J connectivity index is 1.69. The van der Waals surface area contributed by atoms with Gasteiger partial charge in [-0.3, -0.25) is 4.79 Å². The molecule has 0 aliphatic heterocycles. The van der Waals surface area contributed by atoms with Crippen LogP contribution in [-0.4, -0.2) is 15.3 Å². The molecular weight excluding hydrogens is 272 g/mol. The molecule has 3 aromatic rings. The fraction of sp³-hybridized carbons (Fsp3) is 0.158. The Morgan fingerprint density at radius 2 is 1.68 bits per heavy atom. The second kappa shape index (κ2) is 6.39. The van der Waals surface area contributed by atoms with E-state index < -0.39 is 0 Å². The molecule has 1 heterocycles. The Bertz CT molecular complexity index is 758. The number of Topliss-reactive ketones (excluding diaryl/α,β-unsaturated/α-hetero) is 1. The summed E-state index contributed by atoms with van der Waals surface area (Å²) >= 11 is 0. The van der Waals surface area contributed by atoms with Gasteiger partial charge in [-0.2, -0.15) is 0 Å². The number of imidazole rings is 1. The molecule has 0 spiro atoms. The Morgan fingerprint density at radius 3 is 2.36 bits per heavy atom. The zero-order valence-corrected chi connectivity index (χ0v) is 12.6. The minimum Gasteiger partial charge on any atom is -0.328 e. The topological polar surface area (TPSA) is 34.9 Å².